The van der Waals surface area contributed by atoms with Crippen molar-refractivity contribution < 1.29 is 0 Å². The zero-order valence-corrected chi connectivity index (χ0v) is 14.7. The van der Waals surface area contributed by atoms with Crippen molar-refractivity contribution in [1.29, 1.82) is 0 Å². The molecule has 0 saturated heterocycles. The lowest BCUT2D eigenvalue weighted by Gasteiger charge is -2.26. The molecule has 0 heterocycles. The quantitative estimate of drug-likeness (QED) is 0.657. The fraction of sp³-hybridized carbons (Fsp3) is 0.684. The molecule has 1 aliphatic rings. The summed E-state index contributed by atoms with van der Waals surface area (Å²) in [6, 6.07) is 9.96. The van der Waals surface area contributed by atoms with E-state index in [1.54, 1.807) is 5.56 Å². The number of hydrogen-bond acceptors (Lipinski definition) is 2. The van der Waals surface area contributed by atoms with E-state index in [4.69, 9.17) is 0 Å². The van der Waals surface area contributed by atoms with Gasteiger partial charge in [-0.05, 0) is 54.5 Å². The number of rotatable bonds is 9. The largest absolute Gasteiger partial charge is 0.309 e. The van der Waals surface area contributed by atoms with Crippen LogP contribution in [0.25, 0.3) is 0 Å². The summed E-state index contributed by atoms with van der Waals surface area (Å²) in [5, 5.41) is 3.72. The third-order valence-electron chi connectivity index (χ3n) is 4.29. The van der Waals surface area contributed by atoms with Crippen LogP contribution in [-0.2, 0) is 0 Å². The minimum absolute atomic E-state index is 0.504. The SMILES string of the molecule is CCCNC(CSCC(C)C)c1ccc(C2CCC2)cc1. The Bertz CT molecular complexity index is 395. The second kappa shape index (κ2) is 8.85. The highest BCUT2D eigenvalue weighted by molar-refractivity contribution is 7.99. The van der Waals surface area contributed by atoms with Gasteiger partial charge in [-0.1, -0.05) is 51.5 Å². The van der Waals surface area contributed by atoms with Crippen molar-refractivity contribution in [3.63, 3.8) is 0 Å². The van der Waals surface area contributed by atoms with E-state index in [1.165, 1.54) is 42.8 Å². The van der Waals surface area contributed by atoms with Crippen LogP contribution in [0.2, 0.25) is 0 Å². The van der Waals surface area contributed by atoms with E-state index in [1.807, 2.05) is 0 Å². The predicted molar refractivity (Wildman–Crippen MR) is 96.2 cm³/mol. The van der Waals surface area contributed by atoms with Gasteiger partial charge in [0.25, 0.3) is 0 Å². The summed E-state index contributed by atoms with van der Waals surface area (Å²) in [5.41, 5.74) is 3.01. The van der Waals surface area contributed by atoms with Crippen LogP contribution in [0.15, 0.2) is 24.3 Å². The van der Waals surface area contributed by atoms with E-state index in [0.29, 0.717) is 6.04 Å². The number of thioether (sulfide) groups is 1. The molecule has 1 saturated carbocycles. The Morgan fingerprint density at radius 2 is 1.86 bits per heavy atom. The number of benzene rings is 1. The fourth-order valence-corrected chi connectivity index (χ4v) is 3.91. The van der Waals surface area contributed by atoms with Gasteiger partial charge in [0.2, 0.25) is 0 Å². The van der Waals surface area contributed by atoms with Gasteiger partial charge in [-0.15, -0.1) is 0 Å². The minimum atomic E-state index is 0.504. The van der Waals surface area contributed by atoms with Crippen molar-refractivity contribution in [2.75, 3.05) is 18.1 Å². The molecule has 1 fully saturated rings. The van der Waals surface area contributed by atoms with Crippen LogP contribution in [0.5, 0.6) is 0 Å². The Morgan fingerprint density at radius 3 is 2.38 bits per heavy atom. The van der Waals surface area contributed by atoms with Gasteiger partial charge in [-0.25, -0.2) is 0 Å². The first-order chi connectivity index (χ1) is 10.2. The molecule has 1 N–H and O–H groups in total. The topological polar surface area (TPSA) is 12.0 Å². The summed E-state index contributed by atoms with van der Waals surface area (Å²) in [5.74, 6) is 4.06. The van der Waals surface area contributed by atoms with Crippen LogP contribution in [0, 0.1) is 5.92 Å². The molecule has 0 radical (unpaired) electrons. The average molecular weight is 306 g/mol. The van der Waals surface area contributed by atoms with Gasteiger partial charge in [0.05, 0.1) is 0 Å². The van der Waals surface area contributed by atoms with E-state index in [-0.39, 0.29) is 0 Å². The molecule has 1 aromatic carbocycles. The molecule has 0 aromatic heterocycles. The molecule has 1 atom stereocenters. The molecular formula is C19H31NS. The molecule has 0 bridgehead atoms. The first-order valence-electron chi connectivity index (χ1n) is 8.61. The van der Waals surface area contributed by atoms with E-state index < -0.39 is 0 Å². The highest BCUT2D eigenvalue weighted by Gasteiger charge is 2.19. The van der Waals surface area contributed by atoms with Crippen molar-refractivity contribution in [2.45, 2.75) is 58.4 Å². The first kappa shape index (κ1) is 16.9. The van der Waals surface area contributed by atoms with Crippen molar-refractivity contribution in [3.05, 3.63) is 35.4 Å². The summed E-state index contributed by atoms with van der Waals surface area (Å²) in [4.78, 5) is 0. The normalized spacial score (nSPS) is 17.0. The lowest BCUT2D eigenvalue weighted by atomic mass is 9.80. The van der Waals surface area contributed by atoms with Crippen molar-refractivity contribution in [3.8, 4) is 0 Å². The van der Waals surface area contributed by atoms with Crippen LogP contribution in [0.3, 0.4) is 0 Å². The Kier molecular flexibility index (Phi) is 7.12. The van der Waals surface area contributed by atoms with E-state index >= 15 is 0 Å². The van der Waals surface area contributed by atoms with Crippen molar-refractivity contribution >= 4 is 11.8 Å². The van der Waals surface area contributed by atoms with Gasteiger partial charge in [0.1, 0.15) is 0 Å². The van der Waals surface area contributed by atoms with Gasteiger partial charge in [-0.3, -0.25) is 0 Å². The third-order valence-corrected chi connectivity index (χ3v) is 5.76. The maximum atomic E-state index is 3.72. The smallest absolute Gasteiger partial charge is 0.0411 e. The highest BCUT2D eigenvalue weighted by atomic mass is 32.2. The summed E-state index contributed by atoms with van der Waals surface area (Å²) in [7, 11) is 0. The zero-order valence-electron chi connectivity index (χ0n) is 13.9. The van der Waals surface area contributed by atoms with Crippen molar-refractivity contribution in [1.82, 2.24) is 5.32 Å². The molecule has 21 heavy (non-hydrogen) atoms. The Labute approximate surface area is 135 Å². The average Bonchev–Trinajstić information content (AvgIpc) is 2.41. The van der Waals surface area contributed by atoms with Gasteiger partial charge >= 0.3 is 0 Å². The maximum Gasteiger partial charge on any atom is 0.0411 e. The highest BCUT2D eigenvalue weighted by Crippen LogP contribution is 2.36. The van der Waals surface area contributed by atoms with E-state index in [2.05, 4.69) is 62.1 Å². The molecule has 1 aromatic rings. The number of nitrogens with one attached hydrogen (secondary N) is 1. The molecule has 1 nitrogen and oxygen atoms in total. The zero-order chi connectivity index (χ0) is 15.1. The standard InChI is InChI=1S/C19H31NS/c1-4-12-20-19(14-21-13-15(2)3)18-10-8-17(9-11-18)16-6-5-7-16/h8-11,15-16,19-20H,4-7,12-14H2,1-3H3. The van der Waals surface area contributed by atoms with Crippen LogP contribution in [-0.4, -0.2) is 18.1 Å². The van der Waals surface area contributed by atoms with E-state index in [0.717, 1.165) is 18.4 Å². The molecule has 0 spiro atoms. The molecule has 2 heteroatoms. The minimum Gasteiger partial charge on any atom is -0.309 e. The summed E-state index contributed by atoms with van der Waals surface area (Å²) >= 11 is 2.08. The Balaban J connectivity index is 1.93. The summed E-state index contributed by atoms with van der Waals surface area (Å²) < 4.78 is 0. The lowest BCUT2D eigenvalue weighted by Crippen LogP contribution is -2.24. The Morgan fingerprint density at radius 1 is 1.14 bits per heavy atom. The first-order valence-corrected chi connectivity index (χ1v) is 9.77. The predicted octanol–water partition coefficient (Wildman–Crippen LogP) is 5.38. The number of hydrogen-bond donors (Lipinski definition) is 1. The maximum absolute atomic E-state index is 3.72. The molecular weight excluding hydrogens is 274 g/mol. The monoisotopic (exact) mass is 305 g/mol. The van der Waals surface area contributed by atoms with Crippen LogP contribution in [0.1, 0.15) is 69.5 Å². The summed E-state index contributed by atoms with van der Waals surface area (Å²) in [6.45, 7) is 7.95. The second-order valence-electron chi connectivity index (χ2n) is 6.73. The van der Waals surface area contributed by atoms with Gasteiger partial charge in [0.15, 0.2) is 0 Å². The van der Waals surface area contributed by atoms with Gasteiger partial charge < -0.3 is 5.32 Å². The fourth-order valence-electron chi connectivity index (χ4n) is 2.76. The summed E-state index contributed by atoms with van der Waals surface area (Å²) in [6.07, 6.45) is 5.40. The van der Waals surface area contributed by atoms with Crippen LogP contribution < -0.4 is 5.32 Å². The van der Waals surface area contributed by atoms with Crippen molar-refractivity contribution in [2.24, 2.45) is 5.92 Å². The third kappa shape index (κ3) is 5.34. The molecule has 0 aliphatic heterocycles. The van der Waals surface area contributed by atoms with E-state index in [9.17, 15) is 0 Å². The molecule has 118 valence electrons. The molecule has 1 unspecified atom stereocenters. The second-order valence-corrected chi connectivity index (χ2v) is 7.81. The van der Waals surface area contributed by atoms with Crippen LogP contribution >= 0.6 is 11.8 Å². The molecule has 2 rings (SSSR count). The van der Waals surface area contributed by atoms with Gasteiger partial charge in [0, 0.05) is 11.8 Å². The molecule has 0 amide bonds. The molecule has 1 aliphatic carbocycles. The van der Waals surface area contributed by atoms with Crippen LogP contribution in [0.4, 0.5) is 0 Å². The lowest BCUT2D eigenvalue weighted by molar-refractivity contribution is 0.419. The Hall–Kier alpha value is -0.470. The van der Waals surface area contributed by atoms with Gasteiger partial charge in [-0.2, -0.15) is 11.8 Å².